The van der Waals surface area contributed by atoms with E-state index >= 15 is 0 Å². The van der Waals surface area contributed by atoms with Gasteiger partial charge in [-0.25, -0.2) is 4.39 Å². The number of halogens is 2. The van der Waals surface area contributed by atoms with Gasteiger partial charge in [0.2, 0.25) is 0 Å². The van der Waals surface area contributed by atoms with Gasteiger partial charge in [0.25, 0.3) is 0 Å². The Morgan fingerprint density at radius 1 is 1.10 bits per heavy atom. The molecule has 3 heteroatoms. The molecule has 0 saturated heterocycles. The van der Waals surface area contributed by atoms with E-state index in [2.05, 4.69) is 47.0 Å². The van der Waals surface area contributed by atoms with E-state index in [0.29, 0.717) is 6.42 Å². The van der Waals surface area contributed by atoms with Crippen LogP contribution in [0.2, 0.25) is 0 Å². The number of rotatable bonds is 6. The zero-order valence-electron chi connectivity index (χ0n) is 11.6. The first-order valence-electron chi connectivity index (χ1n) is 6.93. The summed E-state index contributed by atoms with van der Waals surface area (Å²) in [7, 11) is 0. The van der Waals surface area contributed by atoms with Gasteiger partial charge in [-0.15, -0.1) is 0 Å². The molecule has 0 saturated carbocycles. The zero-order chi connectivity index (χ0) is 14.4. The maximum absolute atomic E-state index is 13.9. The molecule has 0 radical (unpaired) electrons. The summed E-state index contributed by atoms with van der Waals surface area (Å²) in [4.78, 5) is 0. The first-order valence-corrected chi connectivity index (χ1v) is 8.01. The van der Waals surface area contributed by atoms with Crippen molar-refractivity contribution < 1.29 is 4.39 Å². The lowest BCUT2D eigenvalue weighted by Gasteiger charge is -2.20. The lowest BCUT2D eigenvalue weighted by atomic mass is 9.98. The Kier molecular flexibility index (Phi) is 5.98. The number of benzene rings is 2. The van der Waals surface area contributed by atoms with Gasteiger partial charge in [-0.1, -0.05) is 43.3 Å². The molecule has 0 aromatic heterocycles. The fourth-order valence-electron chi connectivity index (χ4n) is 2.25. The first-order chi connectivity index (χ1) is 9.72. The lowest BCUT2D eigenvalue weighted by molar-refractivity contribution is 0.511. The molecular weight excluding hydrogens is 364 g/mol. The van der Waals surface area contributed by atoms with Crippen molar-refractivity contribution in [2.24, 2.45) is 0 Å². The van der Waals surface area contributed by atoms with E-state index in [9.17, 15) is 4.39 Å². The van der Waals surface area contributed by atoms with Crippen LogP contribution < -0.4 is 5.32 Å². The average molecular weight is 383 g/mol. The Labute approximate surface area is 133 Å². The first kappa shape index (κ1) is 15.4. The van der Waals surface area contributed by atoms with E-state index in [4.69, 9.17) is 0 Å². The summed E-state index contributed by atoms with van der Waals surface area (Å²) in [6.07, 6.45) is 1.74. The number of hydrogen-bond donors (Lipinski definition) is 1. The molecule has 0 heterocycles. The van der Waals surface area contributed by atoms with Gasteiger partial charge in [0, 0.05) is 9.61 Å². The van der Waals surface area contributed by atoms with Gasteiger partial charge in [0.1, 0.15) is 5.82 Å². The Balaban J connectivity index is 2.24. The molecule has 2 aromatic rings. The van der Waals surface area contributed by atoms with Gasteiger partial charge in [-0.05, 0) is 65.2 Å². The minimum absolute atomic E-state index is 0.123. The predicted octanol–water partition coefficient (Wildman–Crippen LogP) is 4.71. The smallest absolute Gasteiger partial charge is 0.126 e. The highest BCUT2D eigenvalue weighted by molar-refractivity contribution is 14.1. The minimum Gasteiger partial charge on any atom is -0.310 e. The third kappa shape index (κ3) is 4.03. The standard InChI is InChI=1S/C17H19FIN/c1-2-11-20-17(14-8-4-6-10-16(14)19)12-13-7-3-5-9-15(13)18/h3-10,17,20H,2,11-12H2,1H3. The molecule has 2 aromatic carbocycles. The fourth-order valence-corrected chi connectivity index (χ4v) is 3.02. The largest absolute Gasteiger partial charge is 0.310 e. The molecule has 1 unspecified atom stereocenters. The van der Waals surface area contributed by atoms with Crippen molar-refractivity contribution in [1.29, 1.82) is 0 Å². The molecule has 0 spiro atoms. The molecule has 0 aliphatic carbocycles. The lowest BCUT2D eigenvalue weighted by Crippen LogP contribution is -2.25. The van der Waals surface area contributed by atoms with Crippen molar-refractivity contribution in [3.8, 4) is 0 Å². The van der Waals surface area contributed by atoms with Crippen molar-refractivity contribution in [3.63, 3.8) is 0 Å². The van der Waals surface area contributed by atoms with E-state index in [1.54, 1.807) is 6.07 Å². The van der Waals surface area contributed by atoms with E-state index in [1.807, 2.05) is 24.3 Å². The zero-order valence-corrected chi connectivity index (χ0v) is 13.7. The van der Waals surface area contributed by atoms with Crippen molar-refractivity contribution >= 4 is 22.6 Å². The molecule has 0 aliphatic heterocycles. The molecule has 2 rings (SSSR count). The van der Waals surface area contributed by atoms with Crippen molar-refractivity contribution in [2.75, 3.05) is 6.54 Å². The van der Waals surface area contributed by atoms with Crippen molar-refractivity contribution in [2.45, 2.75) is 25.8 Å². The molecule has 1 N–H and O–H groups in total. The maximum atomic E-state index is 13.9. The third-order valence-corrected chi connectivity index (χ3v) is 4.29. The summed E-state index contributed by atoms with van der Waals surface area (Å²) >= 11 is 2.35. The van der Waals surface area contributed by atoms with Gasteiger partial charge < -0.3 is 5.32 Å². The quantitative estimate of drug-likeness (QED) is 0.713. The Morgan fingerprint density at radius 3 is 2.50 bits per heavy atom. The number of nitrogens with one attached hydrogen (secondary N) is 1. The molecular formula is C17H19FIN. The molecule has 1 atom stereocenters. The van der Waals surface area contributed by atoms with Crippen LogP contribution in [0.1, 0.15) is 30.5 Å². The van der Waals surface area contributed by atoms with E-state index in [0.717, 1.165) is 18.5 Å². The summed E-state index contributed by atoms with van der Waals surface area (Å²) in [5.41, 5.74) is 2.01. The van der Waals surface area contributed by atoms with E-state index in [-0.39, 0.29) is 11.9 Å². The highest BCUT2D eigenvalue weighted by atomic mass is 127. The van der Waals surface area contributed by atoms with Crippen molar-refractivity contribution in [1.82, 2.24) is 5.32 Å². The maximum Gasteiger partial charge on any atom is 0.126 e. The van der Waals surface area contributed by atoms with Crippen LogP contribution in [-0.2, 0) is 6.42 Å². The topological polar surface area (TPSA) is 12.0 Å². The van der Waals surface area contributed by atoms with Crippen LogP contribution >= 0.6 is 22.6 Å². The fraction of sp³-hybridized carbons (Fsp3) is 0.294. The molecule has 106 valence electrons. The summed E-state index contributed by atoms with van der Waals surface area (Å²) in [5, 5.41) is 3.53. The van der Waals surface area contributed by atoms with E-state index < -0.39 is 0 Å². The third-order valence-electron chi connectivity index (χ3n) is 3.30. The normalized spacial score (nSPS) is 12.3. The summed E-state index contributed by atoms with van der Waals surface area (Å²) < 4.78 is 15.1. The van der Waals surface area contributed by atoms with Gasteiger partial charge in [-0.3, -0.25) is 0 Å². The molecule has 0 bridgehead atoms. The van der Waals surface area contributed by atoms with Crippen LogP contribution in [0, 0.1) is 9.39 Å². The predicted molar refractivity (Wildman–Crippen MR) is 90.3 cm³/mol. The van der Waals surface area contributed by atoms with Crippen LogP contribution in [0.3, 0.4) is 0 Å². The SMILES string of the molecule is CCCNC(Cc1ccccc1F)c1ccccc1I. The molecule has 0 amide bonds. The summed E-state index contributed by atoms with van der Waals surface area (Å²) in [6.45, 7) is 3.08. The van der Waals surface area contributed by atoms with Crippen LogP contribution in [0.25, 0.3) is 0 Å². The Bertz CT molecular complexity index is 556. The van der Waals surface area contributed by atoms with Gasteiger partial charge >= 0.3 is 0 Å². The second-order valence-electron chi connectivity index (χ2n) is 4.82. The van der Waals surface area contributed by atoms with Gasteiger partial charge in [0.05, 0.1) is 0 Å². The molecule has 0 fully saturated rings. The monoisotopic (exact) mass is 383 g/mol. The Morgan fingerprint density at radius 2 is 1.80 bits per heavy atom. The molecule has 1 nitrogen and oxygen atoms in total. The van der Waals surface area contributed by atoms with Gasteiger partial charge in [0.15, 0.2) is 0 Å². The highest BCUT2D eigenvalue weighted by Gasteiger charge is 2.15. The van der Waals surface area contributed by atoms with E-state index in [1.165, 1.54) is 15.2 Å². The highest BCUT2D eigenvalue weighted by Crippen LogP contribution is 2.24. The molecule has 20 heavy (non-hydrogen) atoms. The van der Waals surface area contributed by atoms with Crippen LogP contribution in [0.4, 0.5) is 4.39 Å². The molecule has 0 aliphatic rings. The van der Waals surface area contributed by atoms with Gasteiger partial charge in [-0.2, -0.15) is 0 Å². The van der Waals surface area contributed by atoms with Crippen molar-refractivity contribution in [3.05, 3.63) is 69.0 Å². The van der Waals surface area contributed by atoms with Crippen LogP contribution in [0.5, 0.6) is 0 Å². The second-order valence-corrected chi connectivity index (χ2v) is 5.99. The number of hydrogen-bond acceptors (Lipinski definition) is 1. The van der Waals surface area contributed by atoms with Crippen LogP contribution in [0.15, 0.2) is 48.5 Å². The van der Waals surface area contributed by atoms with Crippen LogP contribution in [-0.4, -0.2) is 6.54 Å². The Hall–Kier alpha value is -0.940. The second kappa shape index (κ2) is 7.74. The summed E-state index contributed by atoms with van der Waals surface area (Å²) in [6, 6.07) is 15.5. The average Bonchev–Trinajstić information content (AvgIpc) is 2.46. The minimum atomic E-state index is -0.123. The summed E-state index contributed by atoms with van der Waals surface area (Å²) in [5.74, 6) is -0.123.